The predicted molar refractivity (Wildman–Crippen MR) is 289 cm³/mol. The van der Waals surface area contributed by atoms with Crippen molar-refractivity contribution < 1.29 is 10.0 Å². The molecular formula is C60H38BBrN4O2. The van der Waals surface area contributed by atoms with Crippen molar-refractivity contribution in [2.75, 3.05) is 0 Å². The fourth-order valence-corrected chi connectivity index (χ4v) is 10.0. The van der Waals surface area contributed by atoms with Gasteiger partial charge in [0.1, 0.15) is 4.60 Å². The number of halogens is 1. The molecule has 0 aliphatic carbocycles. The molecule has 68 heavy (non-hydrogen) atoms. The van der Waals surface area contributed by atoms with Crippen LogP contribution in [0.1, 0.15) is 0 Å². The van der Waals surface area contributed by atoms with Crippen molar-refractivity contribution in [3.8, 4) is 11.3 Å². The maximum Gasteiger partial charge on any atom is 0.488 e. The summed E-state index contributed by atoms with van der Waals surface area (Å²) in [5.41, 5.74) is 6.40. The predicted octanol–water partition coefficient (Wildman–Crippen LogP) is 14.3. The largest absolute Gasteiger partial charge is 0.488 e. The van der Waals surface area contributed by atoms with Gasteiger partial charge in [-0.1, -0.05) is 176 Å². The van der Waals surface area contributed by atoms with Gasteiger partial charge in [-0.05, 0) is 116 Å². The first-order valence-electron chi connectivity index (χ1n) is 22.4. The molecule has 0 bridgehead atoms. The summed E-state index contributed by atoms with van der Waals surface area (Å²) in [5, 5.41) is 37.9. The van der Waals surface area contributed by atoms with Gasteiger partial charge in [0, 0.05) is 39.5 Å². The Balaban J connectivity index is 0.000000115. The van der Waals surface area contributed by atoms with Crippen LogP contribution in [0.5, 0.6) is 0 Å². The molecule has 4 heterocycles. The van der Waals surface area contributed by atoms with E-state index in [-0.39, 0.29) is 0 Å². The normalized spacial score (nSPS) is 11.5. The smallest absolute Gasteiger partial charge is 0.423 e. The molecule has 320 valence electrons. The minimum atomic E-state index is -1.44. The molecule has 0 saturated carbocycles. The van der Waals surface area contributed by atoms with Crippen LogP contribution in [0.25, 0.3) is 120 Å². The van der Waals surface area contributed by atoms with Gasteiger partial charge in [0.2, 0.25) is 0 Å². The summed E-state index contributed by atoms with van der Waals surface area (Å²) in [7, 11) is -1.44. The van der Waals surface area contributed by atoms with Gasteiger partial charge in [0.15, 0.2) is 0 Å². The zero-order valence-corrected chi connectivity index (χ0v) is 38.0. The van der Waals surface area contributed by atoms with Gasteiger partial charge < -0.3 is 10.0 Å². The number of hydrogen-bond donors (Lipinski definition) is 2. The van der Waals surface area contributed by atoms with Crippen molar-refractivity contribution in [3.63, 3.8) is 0 Å². The average Bonchev–Trinajstić information content (AvgIpc) is 3.41. The Labute approximate surface area is 399 Å². The third-order valence-electron chi connectivity index (χ3n) is 12.9. The van der Waals surface area contributed by atoms with Gasteiger partial charge >= 0.3 is 7.12 Å². The van der Waals surface area contributed by atoms with Gasteiger partial charge in [0.25, 0.3) is 0 Å². The molecule has 2 N–H and O–H groups in total. The van der Waals surface area contributed by atoms with Crippen LogP contribution >= 0.6 is 15.9 Å². The van der Waals surface area contributed by atoms with E-state index in [0.717, 1.165) is 75.6 Å². The highest BCUT2D eigenvalue weighted by atomic mass is 79.9. The van der Waals surface area contributed by atoms with E-state index in [9.17, 15) is 10.0 Å². The quantitative estimate of drug-likeness (QED) is 0.102. The number of aromatic nitrogens is 4. The van der Waals surface area contributed by atoms with Crippen molar-refractivity contribution in [2.45, 2.75) is 0 Å². The minimum absolute atomic E-state index is 0.517. The maximum absolute atomic E-state index is 9.42. The first-order chi connectivity index (χ1) is 33.5. The zero-order valence-electron chi connectivity index (χ0n) is 36.4. The van der Waals surface area contributed by atoms with Crippen LogP contribution in [0.15, 0.2) is 223 Å². The Morgan fingerprint density at radius 3 is 1.19 bits per heavy atom. The summed E-state index contributed by atoms with van der Waals surface area (Å²) in [6.45, 7) is 0. The number of nitrogens with zero attached hydrogens (tertiary/aromatic N) is 4. The maximum atomic E-state index is 9.42. The molecule has 6 nitrogen and oxygen atoms in total. The monoisotopic (exact) mass is 936 g/mol. The standard InChI is InChI=1S/C30H18N2.C18H13BO2.C12H7BrN2/c1-2-9-24-22(7-1)23-8-3-4-10-25(23)27-18-21(13-15-26(24)27)28-16-14-20-12-11-19-6-5-17-31-29(19)30(20)32-28;20-19(21)12-9-10-17-15-7-2-1-5-13(15)14-6-3-4-8-16(14)18(17)11-12;13-10-6-5-9-4-3-8-2-1-7-14-11(8)12(9)15-10/h1-18H;1-11,20-21H;1-7H. The van der Waals surface area contributed by atoms with Gasteiger partial charge in [0.05, 0.1) is 27.8 Å². The van der Waals surface area contributed by atoms with Gasteiger partial charge in [-0.2, -0.15) is 0 Å². The summed E-state index contributed by atoms with van der Waals surface area (Å²) in [5.74, 6) is 0. The Morgan fingerprint density at radius 2 is 0.706 bits per heavy atom. The number of rotatable bonds is 2. The van der Waals surface area contributed by atoms with Crippen molar-refractivity contribution >= 4 is 137 Å². The second kappa shape index (κ2) is 17.3. The third-order valence-corrected chi connectivity index (χ3v) is 13.4. The molecular weight excluding hydrogens is 899 g/mol. The van der Waals surface area contributed by atoms with E-state index in [2.05, 4.69) is 164 Å². The lowest BCUT2D eigenvalue weighted by atomic mass is 9.78. The van der Waals surface area contributed by atoms with Crippen LogP contribution < -0.4 is 5.46 Å². The third kappa shape index (κ3) is 7.32. The molecule has 0 radical (unpaired) electrons. The van der Waals surface area contributed by atoms with E-state index >= 15 is 0 Å². The van der Waals surface area contributed by atoms with Crippen molar-refractivity contribution in [1.82, 2.24) is 19.9 Å². The van der Waals surface area contributed by atoms with E-state index in [1.807, 2.05) is 72.9 Å². The first-order valence-corrected chi connectivity index (χ1v) is 23.2. The molecule has 0 atom stereocenters. The summed E-state index contributed by atoms with van der Waals surface area (Å²) in [4.78, 5) is 18.5. The molecule has 0 aliphatic heterocycles. The molecule has 0 spiro atoms. The minimum Gasteiger partial charge on any atom is -0.423 e. The molecule has 10 aromatic carbocycles. The summed E-state index contributed by atoms with van der Waals surface area (Å²) in [6.07, 6.45) is 3.63. The number of fused-ring (bicyclic) bond motifs is 18. The molecule has 14 aromatic rings. The van der Waals surface area contributed by atoms with Gasteiger partial charge in [-0.15, -0.1) is 0 Å². The van der Waals surface area contributed by atoms with Crippen LogP contribution in [0.2, 0.25) is 0 Å². The zero-order chi connectivity index (χ0) is 45.7. The highest BCUT2D eigenvalue weighted by Crippen LogP contribution is 2.38. The molecule has 0 saturated heterocycles. The van der Waals surface area contributed by atoms with Gasteiger partial charge in [-0.25, -0.2) is 9.97 Å². The van der Waals surface area contributed by atoms with E-state index in [1.54, 1.807) is 12.3 Å². The van der Waals surface area contributed by atoms with E-state index in [4.69, 9.17) is 4.98 Å². The summed E-state index contributed by atoms with van der Waals surface area (Å²) >= 11 is 3.38. The van der Waals surface area contributed by atoms with Crippen LogP contribution in [0.3, 0.4) is 0 Å². The highest BCUT2D eigenvalue weighted by molar-refractivity contribution is 9.10. The van der Waals surface area contributed by atoms with Crippen LogP contribution in [0.4, 0.5) is 0 Å². The first kappa shape index (κ1) is 41.3. The highest BCUT2D eigenvalue weighted by Gasteiger charge is 2.15. The van der Waals surface area contributed by atoms with Crippen molar-refractivity contribution in [2.24, 2.45) is 0 Å². The molecule has 0 amide bonds. The van der Waals surface area contributed by atoms with Crippen molar-refractivity contribution in [3.05, 3.63) is 223 Å². The average molecular weight is 938 g/mol. The van der Waals surface area contributed by atoms with E-state index < -0.39 is 7.12 Å². The number of benzene rings is 10. The number of pyridine rings is 4. The lowest BCUT2D eigenvalue weighted by Gasteiger charge is -2.12. The SMILES string of the molecule is Brc1ccc2ccc3cccnc3c2n1.OB(O)c1ccc2c3ccccc3c3ccccc3c2c1.c1cnc2c(c1)ccc1ccc(-c3ccc4c5ccccc5c5ccccc5c4c3)nc12. The molecule has 14 rings (SSSR count). The van der Waals surface area contributed by atoms with E-state index in [1.165, 1.54) is 48.5 Å². The van der Waals surface area contributed by atoms with Crippen LogP contribution in [-0.2, 0) is 0 Å². The fourth-order valence-electron chi connectivity index (χ4n) is 9.74. The molecule has 0 unspecified atom stereocenters. The Kier molecular flexibility index (Phi) is 10.5. The molecule has 0 aliphatic rings. The molecule has 4 aromatic heterocycles. The number of hydrogen-bond acceptors (Lipinski definition) is 6. The second-order valence-corrected chi connectivity index (χ2v) is 17.7. The Morgan fingerprint density at radius 1 is 0.324 bits per heavy atom. The fraction of sp³-hybridized carbons (Fsp3) is 0. The van der Waals surface area contributed by atoms with Crippen LogP contribution in [-0.4, -0.2) is 37.1 Å². The van der Waals surface area contributed by atoms with E-state index in [0.29, 0.717) is 5.46 Å². The molecule has 8 heteroatoms. The topological polar surface area (TPSA) is 92.0 Å². The Hall–Kier alpha value is -8.14. The van der Waals surface area contributed by atoms with Gasteiger partial charge in [-0.3, -0.25) is 9.97 Å². The molecule has 0 fully saturated rings. The Bertz CT molecular complexity index is 4230. The van der Waals surface area contributed by atoms with Crippen molar-refractivity contribution in [1.29, 1.82) is 0 Å². The summed E-state index contributed by atoms with van der Waals surface area (Å²) < 4.78 is 0.841. The second-order valence-electron chi connectivity index (χ2n) is 16.9. The lowest BCUT2D eigenvalue weighted by molar-refractivity contribution is 0.426. The lowest BCUT2D eigenvalue weighted by Crippen LogP contribution is -2.29. The van der Waals surface area contributed by atoms with Crippen LogP contribution in [0, 0.1) is 0 Å². The summed E-state index contributed by atoms with van der Waals surface area (Å²) in [6, 6.07) is 70.9.